The molecule has 0 saturated carbocycles. The van der Waals surface area contributed by atoms with E-state index in [1.54, 1.807) is 19.4 Å². The van der Waals surface area contributed by atoms with Crippen molar-refractivity contribution < 1.29 is 9.53 Å². The summed E-state index contributed by atoms with van der Waals surface area (Å²) in [6, 6.07) is 17.0. The highest BCUT2D eigenvalue weighted by Gasteiger charge is 2.13. The van der Waals surface area contributed by atoms with Crippen LogP contribution in [0.15, 0.2) is 59.7 Å². The lowest BCUT2D eigenvalue weighted by Gasteiger charge is -2.11. The van der Waals surface area contributed by atoms with E-state index in [9.17, 15) is 4.79 Å². The van der Waals surface area contributed by atoms with Gasteiger partial charge in [-0.05, 0) is 35.9 Å². The molecule has 0 atom stereocenters. The number of amides is 1. The number of hydrazone groups is 1. The third-order valence-electron chi connectivity index (χ3n) is 3.99. The molecule has 7 heteroatoms. The van der Waals surface area contributed by atoms with Gasteiger partial charge in [0.05, 0.1) is 19.0 Å². The zero-order valence-corrected chi connectivity index (χ0v) is 15.4. The molecule has 138 valence electrons. The van der Waals surface area contributed by atoms with Gasteiger partial charge in [-0.3, -0.25) is 9.89 Å². The van der Waals surface area contributed by atoms with Crippen molar-refractivity contribution in [1.29, 1.82) is 0 Å². The normalized spacial score (nSPS) is 10.8. The van der Waals surface area contributed by atoms with Crippen molar-refractivity contribution in [3.63, 3.8) is 0 Å². The minimum atomic E-state index is -0.371. The van der Waals surface area contributed by atoms with Gasteiger partial charge in [-0.25, -0.2) is 5.43 Å². The lowest BCUT2D eigenvalue weighted by molar-refractivity contribution is 0.0950. The largest absolute Gasteiger partial charge is 0.496 e. The Morgan fingerprint density at radius 3 is 2.63 bits per heavy atom. The van der Waals surface area contributed by atoms with Gasteiger partial charge in [0, 0.05) is 25.3 Å². The Labute approximate surface area is 157 Å². The number of carbonyl (C=O) groups is 1. The highest BCUT2D eigenvalue weighted by atomic mass is 16.5. The number of nitrogens with zero attached hydrogens (tertiary/aromatic N) is 3. The summed E-state index contributed by atoms with van der Waals surface area (Å²) in [7, 11) is 5.55. The summed E-state index contributed by atoms with van der Waals surface area (Å²) >= 11 is 0. The van der Waals surface area contributed by atoms with Gasteiger partial charge >= 0.3 is 0 Å². The fraction of sp³-hybridized carbons (Fsp3) is 0.150. The first-order valence-electron chi connectivity index (χ1n) is 8.38. The number of anilines is 1. The van der Waals surface area contributed by atoms with Gasteiger partial charge < -0.3 is 9.64 Å². The van der Waals surface area contributed by atoms with Crippen LogP contribution in [0.25, 0.3) is 11.3 Å². The molecule has 0 bridgehead atoms. The molecule has 0 radical (unpaired) electrons. The number of hydrogen-bond donors (Lipinski definition) is 2. The van der Waals surface area contributed by atoms with Crippen LogP contribution in [0.2, 0.25) is 0 Å². The molecule has 2 aromatic carbocycles. The van der Waals surface area contributed by atoms with Gasteiger partial charge in [0.2, 0.25) is 0 Å². The van der Waals surface area contributed by atoms with Crippen molar-refractivity contribution in [2.24, 2.45) is 5.10 Å². The molecule has 3 aromatic rings. The molecule has 2 N–H and O–H groups in total. The predicted molar refractivity (Wildman–Crippen MR) is 106 cm³/mol. The number of H-pyrrole nitrogens is 1. The van der Waals surface area contributed by atoms with E-state index in [2.05, 4.69) is 20.7 Å². The summed E-state index contributed by atoms with van der Waals surface area (Å²) in [4.78, 5) is 14.3. The Kier molecular flexibility index (Phi) is 5.51. The summed E-state index contributed by atoms with van der Waals surface area (Å²) in [6.45, 7) is 0. The van der Waals surface area contributed by atoms with Crippen molar-refractivity contribution >= 4 is 17.8 Å². The van der Waals surface area contributed by atoms with E-state index in [0.717, 1.165) is 16.8 Å². The van der Waals surface area contributed by atoms with E-state index in [0.29, 0.717) is 17.1 Å². The number of carbonyl (C=O) groups excluding carboxylic acids is 1. The molecular formula is C20H21N5O2. The van der Waals surface area contributed by atoms with Gasteiger partial charge in [-0.15, -0.1) is 0 Å². The van der Waals surface area contributed by atoms with Gasteiger partial charge in [0.25, 0.3) is 5.91 Å². The summed E-state index contributed by atoms with van der Waals surface area (Å²) in [6.07, 6.45) is 1.59. The summed E-state index contributed by atoms with van der Waals surface area (Å²) in [5, 5.41) is 10.9. The van der Waals surface area contributed by atoms with Crippen LogP contribution in [-0.4, -0.2) is 43.5 Å². The standard InChI is InChI=1S/C20H21N5O2/c1-25(2)15-10-8-14(9-11-15)13-21-24-20(26)18-12-17(22-23-18)16-6-4-5-7-19(16)27-3/h4-13H,1-3H3,(H,22,23)(H,24,26)/b21-13+. The molecule has 1 heterocycles. The fourth-order valence-corrected chi connectivity index (χ4v) is 2.52. The van der Waals surface area contributed by atoms with Crippen molar-refractivity contribution in [3.05, 3.63) is 65.9 Å². The van der Waals surface area contributed by atoms with Crippen LogP contribution in [0.1, 0.15) is 16.1 Å². The number of hydrogen-bond acceptors (Lipinski definition) is 5. The van der Waals surface area contributed by atoms with Crippen molar-refractivity contribution in [2.75, 3.05) is 26.1 Å². The van der Waals surface area contributed by atoms with Crippen LogP contribution in [0, 0.1) is 0 Å². The average molecular weight is 363 g/mol. The zero-order chi connectivity index (χ0) is 19.2. The van der Waals surface area contributed by atoms with Crippen LogP contribution < -0.4 is 15.1 Å². The molecule has 7 nitrogen and oxygen atoms in total. The third-order valence-corrected chi connectivity index (χ3v) is 3.99. The molecule has 0 aliphatic carbocycles. The third kappa shape index (κ3) is 4.33. The van der Waals surface area contributed by atoms with E-state index in [1.165, 1.54) is 0 Å². The highest BCUT2D eigenvalue weighted by Crippen LogP contribution is 2.28. The first-order chi connectivity index (χ1) is 13.1. The molecule has 0 aliphatic rings. The minimum Gasteiger partial charge on any atom is -0.496 e. The zero-order valence-electron chi connectivity index (χ0n) is 15.4. The summed E-state index contributed by atoms with van der Waals surface area (Å²) in [5.74, 6) is 0.319. The maximum absolute atomic E-state index is 12.2. The van der Waals surface area contributed by atoms with Gasteiger partial charge in [0.15, 0.2) is 0 Å². The lowest BCUT2D eigenvalue weighted by atomic mass is 10.1. The Hall–Kier alpha value is -3.61. The van der Waals surface area contributed by atoms with E-state index in [4.69, 9.17) is 4.74 Å². The van der Waals surface area contributed by atoms with Gasteiger partial charge in [0.1, 0.15) is 11.4 Å². The smallest absolute Gasteiger partial charge is 0.289 e. The molecule has 0 aliphatic heterocycles. The second-order valence-corrected chi connectivity index (χ2v) is 6.05. The Bertz CT molecular complexity index is 945. The van der Waals surface area contributed by atoms with Gasteiger partial charge in [-0.2, -0.15) is 10.2 Å². The van der Waals surface area contributed by atoms with Crippen molar-refractivity contribution in [2.45, 2.75) is 0 Å². The molecule has 3 rings (SSSR count). The van der Waals surface area contributed by atoms with Crippen LogP contribution in [0.3, 0.4) is 0 Å². The number of ether oxygens (including phenoxy) is 1. The van der Waals surface area contributed by atoms with E-state index >= 15 is 0 Å². The van der Waals surface area contributed by atoms with Gasteiger partial charge in [-0.1, -0.05) is 24.3 Å². The van der Waals surface area contributed by atoms with E-state index in [1.807, 2.05) is 67.5 Å². The van der Waals surface area contributed by atoms with E-state index < -0.39 is 0 Å². The second-order valence-electron chi connectivity index (χ2n) is 6.05. The number of benzene rings is 2. The number of aromatic amines is 1. The topological polar surface area (TPSA) is 82.6 Å². The fourth-order valence-electron chi connectivity index (χ4n) is 2.52. The molecule has 0 fully saturated rings. The first-order valence-corrected chi connectivity index (χ1v) is 8.38. The molecule has 0 saturated heterocycles. The molecule has 0 unspecified atom stereocenters. The molecule has 1 aromatic heterocycles. The van der Waals surface area contributed by atoms with Crippen LogP contribution in [0.5, 0.6) is 5.75 Å². The number of para-hydroxylation sites is 1. The molecular weight excluding hydrogens is 342 g/mol. The van der Waals surface area contributed by atoms with Crippen molar-refractivity contribution in [3.8, 4) is 17.0 Å². The monoisotopic (exact) mass is 363 g/mol. The average Bonchev–Trinajstić information content (AvgIpc) is 3.18. The van der Waals surface area contributed by atoms with Crippen LogP contribution in [0.4, 0.5) is 5.69 Å². The molecule has 1 amide bonds. The Balaban J connectivity index is 1.66. The SMILES string of the molecule is COc1ccccc1-c1cc(C(=O)N/N=C/c2ccc(N(C)C)cc2)[nH]n1. The van der Waals surface area contributed by atoms with Crippen LogP contribution in [-0.2, 0) is 0 Å². The quantitative estimate of drug-likeness (QED) is 0.521. The minimum absolute atomic E-state index is 0.316. The number of nitrogens with one attached hydrogen (secondary N) is 2. The molecule has 27 heavy (non-hydrogen) atoms. The Morgan fingerprint density at radius 2 is 1.93 bits per heavy atom. The number of rotatable bonds is 6. The lowest BCUT2D eigenvalue weighted by Crippen LogP contribution is -2.18. The number of aromatic nitrogens is 2. The molecule has 0 spiro atoms. The summed E-state index contributed by atoms with van der Waals surface area (Å²) in [5.41, 5.74) is 6.23. The number of methoxy groups -OCH3 is 1. The van der Waals surface area contributed by atoms with Crippen molar-refractivity contribution in [1.82, 2.24) is 15.6 Å². The maximum Gasteiger partial charge on any atom is 0.289 e. The maximum atomic E-state index is 12.2. The first kappa shape index (κ1) is 18.2. The van der Waals surface area contributed by atoms with E-state index in [-0.39, 0.29) is 5.91 Å². The Morgan fingerprint density at radius 1 is 1.19 bits per heavy atom. The predicted octanol–water partition coefficient (Wildman–Crippen LogP) is 2.92. The second kappa shape index (κ2) is 8.18. The summed E-state index contributed by atoms with van der Waals surface area (Å²) < 4.78 is 5.33. The van der Waals surface area contributed by atoms with Crippen LogP contribution >= 0.6 is 0 Å². The highest BCUT2D eigenvalue weighted by molar-refractivity contribution is 5.94.